The van der Waals surface area contributed by atoms with E-state index in [0.717, 1.165) is 6.61 Å². The fourth-order valence-corrected chi connectivity index (χ4v) is 1.00. The van der Waals surface area contributed by atoms with Gasteiger partial charge in [0.05, 0.1) is 13.2 Å². The van der Waals surface area contributed by atoms with E-state index >= 15 is 0 Å². The molecule has 0 spiro atoms. The number of ether oxygens (including phenoxy) is 3. The Labute approximate surface area is 81.4 Å². The zero-order chi connectivity index (χ0) is 10.1. The van der Waals surface area contributed by atoms with Crippen molar-refractivity contribution in [1.29, 1.82) is 0 Å². The molecule has 0 aliphatic rings. The van der Waals surface area contributed by atoms with Gasteiger partial charge in [-0.2, -0.15) is 0 Å². The third-order valence-corrected chi connectivity index (χ3v) is 1.51. The van der Waals surface area contributed by atoms with Crippen LogP contribution in [-0.4, -0.2) is 39.6 Å². The molecule has 0 aliphatic heterocycles. The topological polar surface area (TPSA) is 27.7 Å². The van der Waals surface area contributed by atoms with Crippen LogP contribution in [0.3, 0.4) is 0 Å². The minimum Gasteiger partial charge on any atom is -0.382 e. The van der Waals surface area contributed by atoms with E-state index in [9.17, 15) is 0 Å². The van der Waals surface area contributed by atoms with Gasteiger partial charge in [-0.25, -0.2) is 0 Å². The van der Waals surface area contributed by atoms with Gasteiger partial charge in [-0.05, 0) is 12.8 Å². The molecule has 80 valence electrons. The molecule has 0 aromatic rings. The quantitative estimate of drug-likeness (QED) is 0.583. The lowest BCUT2D eigenvalue weighted by Gasteiger charge is -2.16. The summed E-state index contributed by atoms with van der Waals surface area (Å²) in [6.07, 6.45) is 0.0775. The summed E-state index contributed by atoms with van der Waals surface area (Å²) >= 11 is 0. The first kappa shape index (κ1) is 12.9. The second kappa shape index (κ2) is 8.48. The maximum absolute atomic E-state index is 5.46. The highest BCUT2D eigenvalue weighted by Crippen LogP contribution is 1.98. The van der Waals surface area contributed by atoms with E-state index in [1.54, 1.807) is 7.11 Å². The molecule has 0 saturated carbocycles. The first-order valence-electron chi connectivity index (χ1n) is 4.89. The minimum atomic E-state index is 0.0775. The molecule has 13 heavy (non-hydrogen) atoms. The molecule has 1 atom stereocenters. The van der Waals surface area contributed by atoms with Crippen molar-refractivity contribution in [1.82, 2.24) is 0 Å². The molecule has 0 bridgehead atoms. The predicted octanol–water partition coefficient (Wildman–Crippen LogP) is 1.71. The first-order valence-corrected chi connectivity index (χ1v) is 4.89. The van der Waals surface area contributed by atoms with Crippen molar-refractivity contribution < 1.29 is 14.2 Å². The van der Waals surface area contributed by atoms with Crippen LogP contribution < -0.4 is 0 Å². The summed E-state index contributed by atoms with van der Waals surface area (Å²) in [7, 11) is 1.68. The Balaban J connectivity index is 3.44. The van der Waals surface area contributed by atoms with Crippen LogP contribution in [0.25, 0.3) is 0 Å². The van der Waals surface area contributed by atoms with E-state index < -0.39 is 0 Å². The van der Waals surface area contributed by atoms with E-state index in [4.69, 9.17) is 14.2 Å². The van der Waals surface area contributed by atoms with Crippen LogP contribution in [-0.2, 0) is 14.2 Å². The van der Waals surface area contributed by atoms with Gasteiger partial charge in [0.2, 0.25) is 0 Å². The maximum atomic E-state index is 5.46. The van der Waals surface area contributed by atoms with Crippen LogP contribution in [0.2, 0.25) is 0 Å². The van der Waals surface area contributed by atoms with Gasteiger partial charge < -0.3 is 14.2 Å². The molecule has 0 N–H and O–H groups in total. The molecule has 0 radical (unpaired) electrons. The standard InChI is InChI=1S/C10H22O3/c1-5-13-10(7-11-4)8-12-6-9(2)3/h9-10H,5-8H2,1-4H3. The summed E-state index contributed by atoms with van der Waals surface area (Å²) in [4.78, 5) is 0. The Morgan fingerprint density at radius 3 is 2.23 bits per heavy atom. The van der Waals surface area contributed by atoms with Crippen LogP contribution in [0.4, 0.5) is 0 Å². The Morgan fingerprint density at radius 2 is 1.77 bits per heavy atom. The van der Waals surface area contributed by atoms with Crippen molar-refractivity contribution in [3.8, 4) is 0 Å². The van der Waals surface area contributed by atoms with Crippen molar-refractivity contribution in [2.45, 2.75) is 26.9 Å². The summed E-state index contributed by atoms with van der Waals surface area (Å²) in [5.74, 6) is 0.574. The van der Waals surface area contributed by atoms with Crippen LogP contribution in [0.1, 0.15) is 20.8 Å². The first-order chi connectivity index (χ1) is 6.20. The van der Waals surface area contributed by atoms with E-state index in [2.05, 4.69) is 13.8 Å². The van der Waals surface area contributed by atoms with E-state index in [-0.39, 0.29) is 6.10 Å². The van der Waals surface area contributed by atoms with Gasteiger partial charge in [-0.15, -0.1) is 0 Å². The summed E-state index contributed by atoms with van der Waals surface area (Å²) in [5.41, 5.74) is 0. The smallest absolute Gasteiger partial charge is 0.104 e. The Morgan fingerprint density at radius 1 is 1.08 bits per heavy atom. The lowest BCUT2D eigenvalue weighted by Crippen LogP contribution is -2.26. The summed E-state index contributed by atoms with van der Waals surface area (Å²) in [6.45, 7) is 8.96. The predicted molar refractivity (Wildman–Crippen MR) is 52.9 cm³/mol. The SMILES string of the molecule is CCOC(COC)COCC(C)C. The average molecular weight is 190 g/mol. The summed E-state index contributed by atoms with van der Waals surface area (Å²) < 4.78 is 15.9. The normalized spacial score (nSPS) is 13.6. The Bertz CT molecular complexity index is 98.3. The second-order valence-electron chi connectivity index (χ2n) is 3.46. The van der Waals surface area contributed by atoms with Gasteiger partial charge in [0.1, 0.15) is 6.10 Å². The molecule has 0 saturated heterocycles. The number of hydrogen-bond donors (Lipinski definition) is 0. The van der Waals surface area contributed by atoms with Gasteiger partial charge in [0.25, 0.3) is 0 Å². The molecule has 0 aliphatic carbocycles. The van der Waals surface area contributed by atoms with Crippen molar-refractivity contribution >= 4 is 0 Å². The average Bonchev–Trinajstić information content (AvgIpc) is 2.04. The Hall–Kier alpha value is -0.120. The van der Waals surface area contributed by atoms with Gasteiger partial charge in [-0.1, -0.05) is 13.8 Å². The summed E-state index contributed by atoms with van der Waals surface area (Å²) in [6, 6.07) is 0. The second-order valence-corrected chi connectivity index (χ2v) is 3.46. The van der Waals surface area contributed by atoms with Gasteiger partial charge in [-0.3, -0.25) is 0 Å². The van der Waals surface area contributed by atoms with Gasteiger partial charge >= 0.3 is 0 Å². The van der Waals surface area contributed by atoms with E-state index in [1.165, 1.54) is 0 Å². The molecular weight excluding hydrogens is 168 g/mol. The number of rotatable bonds is 8. The minimum absolute atomic E-state index is 0.0775. The fraction of sp³-hybridized carbons (Fsp3) is 1.00. The highest BCUT2D eigenvalue weighted by molar-refractivity contribution is 4.54. The molecule has 0 aromatic carbocycles. The highest BCUT2D eigenvalue weighted by atomic mass is 16.6. The molecule has 0 amide bonds. The molecule has 0 rings (SSSR count). The van der Waals surface area contributed by atoms with Gasteiger partial charge in [0, 0.05) is 20.3 Å². The molecule has 1 unspecified atom stereocenters. The van der Waals surface area contributed by atoms with Crippen molar-refractivity contribution in [3.05, 3.63) is 0 Å². The highest BCUT2D eigenvalue weighted by Gasteiger charge is 2.08. The Kier molecular flexibility index (Phi) is 8.40. The number of methoxy groups -OCH3 is 1. The molecule has 0 fully saturated rings. The largest absolute Gasteiger partial charge is 0.382 e. The van der Waals surface area contributed by atoms with Crippen LogP contribution >= 0.6 is 0 Å². The molecule has 3 nitrogen and oxygen atoms in total. The summed E-state index contributed by atoms with van der Waals surface area (Å²) in [5, 5.41) is 0. The molecular formula is C10H22O3. The fourth-order valence-electron chi connectivity index (χ4n) is 1.00. The molecule has 0 aromatic heterocycles. The van der Waals surface area contributed by atoms with Gasteiger partial charge in [0.15, 0.2) is 0 Å². The monoisotopic (exact) mass is 190 g/mol. The lowest BCUT2D eigenvalue weighted by atomic mass is 10.2. The van der Waals surface area contributed by atoms with E-state index in [0.29, 0.717) is 25.7 Å². The van der Waals surface area contributed by atoms with Crippen LogP contribution in [0.15, 0.2) is 0 Å². The third-order valence-electron chi connectivity index (χ3n) is 1.51. The van der Waals surface area contributed by atoms with E-state index in [1.807, 2.05) is 6.92 Å². The van der Waals surface area contributed by atoms with Crippen molar-refractivity contribution in [2.24, 2.45) is 5.92 Å². The van der Waals surface area contributed by atoms with Crippen LogP contribution in [0.5, 0.6) is 0 Å². The maximum Gasteiger partial charge on any atom is 0.104 e. The zero-order valence-electron chi connectivity index (χ0n) is 9.21. The molecule has 3 heteroatoms. The lowest BCUT2D eigenvalue weighted by molar-refractivity contribution is -0.0510. The zero-order valence-corrected chi connectivity index (χ0v) is 9.21. The van der Waals surface area contributed by atoms with Crippen molar-refractivity contribution in [2.75, 3.05) is 33.5 Å². The van der Waals surface area contributed by atoms with Crippen LogP contribution in [0, 0.1) is 5.92 Å². The van der Waals surface area contributed by atoms with Crippen molar-refractivity contribution in [3.63, 3.8) is 0 Å². The number of hydrogen-bond acceptors (Lipinski definition) is 3. The molecule has 0 heterocycles. The third kappa shape index (κ3) is 8.22.